The largest absolute Gasteiger partial charge is 0.406 e. The number of ether oxygens (including phenoxy) is 1. The van der Waals surface area contributed by atoms with E-state index in [1.807, 2.05) is 13.8 Å². The first-order valence-corrected chi connectivity index (χ1v) is 7.93. The van der Waals surface area contributed by atoms with Crippen LogP contribution in [0.1, 0.15) is 59.4 Å². The van der Waals surface area contributed by atoms with Crippen molar-refractivity contribution < 1.29 is 9.15 Å². The summed E-state index contributed by atoms with van der Waals surface area (Å²) in [6, 6.07) is 0.892. The normalized spacial score (nSPS) is 25.4. The Morgan fingerprint density at radius 3 is 2.76 bits per heavy atom. The molecule has 1 aromatic heterocycles. The van der Waals surface area contributed by atoms with Crippen molar-refractivity contribution in [3.05, 3.63) is 5.89 Å². The summed E-state index contributed by atoms with van der Waals surface area (Å²) in [5.41, 5.74) is 0.0801. The molecule has 0 aromatic carbocycles. The topological polar surface area (TPSA) is 72.2 Å². The monoisotopic (exact) mass is 296 g/mol. The van der Waals surface area contributed by atoms with Crippen LogP contribution in [0.25, 0.3) is 0 Å². The molecule has 1 saturated carbocycles. The van der Waals surface area contributed by atoms with Crippen LogP contribution >= 0.6 is 0 Å². The number of anilines is 1. The third-order valence-corrected chi connectivity index (χ3v) is 4.35. The third kappa shape index (κ3) is 3.55. The number of rotatable bonds is 8. The number of nitrogens with one attached hydrogen (secondary N) is 2. The van der Waals surface area contributed by atoms with E-state index in [0.29, 0.717) is 24.1 Å². The SMILES string of the molecule is CCCNC(C)c1nnc(NC2CC(OCC)C2(C)C)o1. The average Bonchev–Trinajstić information content (AvgIpc) is 2.92. The van der Waals surface area contributed by atoms with Crippen LogP contribution in [0.5, 0.6) is 0 Å². The summed E-state index contributed by atoms with van der Waals surface area (Å²) < 4.78 is 11.4. The molecule has 0 aliphatic heterocycles. The second kappa shape index (κ2) is 6.75. The molecule has 3 unspecified atom stereocenters. The molecule has 1 aliphatic rings. The van der Waals surface area contributed by atoms with Gasteiger partial charge < -0.3 is 19.8 Å². The van der Waals surface area contributed by atoms with E-state index in [1.165, 1.54) is 0 Å². The molecule has 0 amide bonds. The summed E-state index contributed by atoms with van der Waals surface area (Å²) in [5, 5.41) is 14.9. The van der Waals surface area contributed by atoms with Crippen molar-refractivity contribution in [2.75, 3.05) is 18.5 Å². The maximum Gasteiger partial charge on any atom is 0.315 e. The standard InChI is InChI=1S/C15H28N4O2/c1-6-8-16-10(3)13-18-19-14(21-13)17-11-9-12(20-7-2)15(11,4)5/h10-12,16H,6-9H2,1-5H3,(H,17,19). The van der Waals surface area contributed by atoms with Gasteiger partial charge >= 0.3 is 6.01 Å². The highest BCUT2D eigenvalue weighted by Gasteiger charge is 2.49. The summed E-state index contributed by atoms with van der Waals surface area (Å²) in [5.74, 6) is 0.629. The molecule has 21 heavy (non-hydrogen) atoms. The predicted octanol–water partition coefficient (Wildman–Crippen LogP) is 2.75. The molecule has 3 atom stereocenters. The van der Waals surface area contributed by atoms with Gasteiger partial charge in [0.15, 0.2) is 0 Å². The van der Waals surface area contributed by atoms with Crippen molar-refractivity contribution in [3.63, 3.8) is 0 Å². The van der Waals surface area contributed by atoms with Crippen LogP contribution in [-0.2, 0) is 4.74 Å². The van der Waals surface area contributed by atoms with Crippen LogP contribution in [0.15, 0.2) is 4.42 Å². The summed E-state index contributed by atoms with van der Waals surface area (Å²) in [6.07, 6.45) is 2.36. The molecule has 1 fully saturated rings. The Hall–Kier alpha value is -1.14. The molecule has 0 saturated heterocycles. The zero-order chi connectivity index (χ0) is 15.5. The molecule has 1 aromatic rings. The van der Waals surface area contributed by atoms with E-state index in [0.717, 1.165) is 26.0 Å². The van der Waals surface area contributed by atoms with Gasteiger partial charge in [-0.2, -0.15) is 0 Å². The van der Waals surface area contributed by atoms with Crippen molar-refractivity contribution in [2.24, 2.45) is 5.41 Å². The molecule has 0 spiro atoms. The minimum absolute atomic E-state index is 0.0801. The Kier molecular flexibility index (Phi) is 5.22. The van der Waals surface area contributed by atoms with Crippen molar-refractivity contribution in [1.29, 1.82) is 0 Å². The van der Waals surface area contributed by atoms with E-state index in [9.17, 15) is 0 Å². The predicted molar refractivity (Wildman–Crippen MR) is 82.2 cm³/mol. The summed E-state index contributed by atoms with van der Waals surface area (Å²) in [4.78, 5) is 0. The van der Waals surface area contributed by atoms with Gasteiger partial charge in [0.05, 0.1) is 12.1 Å². The molecule has 6 heteroatoms. The van der Waals surface area contributed by atoms with E-state index in [-0.39, 0.29) is 11.5 Å². The van der Waals surface area contributed by atoms with E-state index in [4.69, 9.17) is 9.15 Å². The lowest BCUT2D eigenvalue weighted by atomic mass is 9.64. The Morgan fingerprint density at radius 1 is 1.38 bits per heavy atom. The van der Waals surface area contributed by atoms with E-state index in [2.05, 4.69) is 41.6 Å². The summed E-state index contributed by atoms with van der Waals surface area (Å²) >= 11 is 0. The fraction of sp³-hybridized carbons (Fsp3) is 0.867. The molecule has 120 valence electrons. The van der Waals surface area contributed by atoms with Crippen LogP contribution in [0.3, 0.4) is 0 Å². The Labute approximate surface area is 127 Å². The maximum atomic E-state index is 5.73. The molecular formula is C15H28N4O2. The fourth-order valence-corrected chi connectivity index (χ4v) is 2.68. The quantitative estimate of drug-likeness (QED) is 0.768. The lowest BCUT2D eigenvalue weighted by Crippen LogP contribution is -2.58. The van der Waals surface area contributed by atoms with E-state index in [1.54, 1.807) is 0 Å². The Bertz CT molecular complexity index is 447. The number of hydrogen-bond donors (Lipinski definition) is 2. The van der Waals surface area contributed by atoms with Gasteiger partial charge in [0, 0.05) is 18.1 Å². The highest BCUT2D eigenvalue weighted by molar-refractivity contribution is 5.25. The lowest BCUT2D eigenvalue weighted by molar-refractivity contribution is -0.0980. The van der Waals surface area contributed by atoms with E-state index >= 15 is 0 Å². The van der Waals surface area contributed by atoms with Gasteiger partial charge in [0.25, 0.3) is 0 Å². The smallest absolute Gasteiger partial charge is 0.315 e. The highest BCUT2D eigenvalue weighted by Crippen LogP contribution is 2.44. The third-order valence-electron chi connectivity index (χ3n) is 4.35. The zero-order valence-electron chi connectivity index (χ0n) is 13.8. The second-order valence-corrected chi connectivity index (χ2v) is 6.32. The van der Waals surface area contributed by atoms with Gasteiger partial charge in [-0.1, -0.05) is 25.9 Å². The van der Waals surface area contributed by atoms with Crippen LogP contribution in [0.4, 0.5) is 6.01 Å². The number of hydrogen-bond acceptors (Lipinski definition) is 6. The lowest BCUT2D eigenvalue weighted by Gasteiger charge is -2.51. The van der Waals surface area contributed by atoms with E-state index < -0.39 is 0 Å². The first kappa shape index (κ1) is 16.2. The summed E-state index contributed by atoms with van der Waals surface area (Å²) in [6.45, 7) is 12.3. The van der Waals surface area contributed by atoms with Crippen LogP contribution in [0, 0.1) is 5.41 Å². The molecule has 0 bridgehead atoms. The molecule has 2 rings (SSSR count). The van der Waals surface area contributed by atoms with Gasteiger partial charge in [-0.15, -0.1) is 5.10 Å². The highest BCUT2D eigenvalue weighted by atomic mass is 16.5. The second-order valence-electron chi connectivity index (χ2n) is 6.32. The van der Waals surface area contributed by atoms with Crippen molar-refractivity contribution >= 4 is 6.01 Å². The first-order valence-electron chi connectivity index (χ1n) is 7.93. The average molecular weight is 296 g/mol. The Balaban J connectivity index is 1.89. The molecule has 6 nitrogen and oxygen atoms in total. The van der Waals surface area contributed by atoms with Gasteiger partial charge in [-0.25, -0.2) is 0 Å². The van der Waals surface area contributed by atoms with Crippen molar-refractivity contribution in [1.82, 2.24) is 15.5 Å². The minimum atomic E-state index is 0.0801. The van der Waals surface area contributed by atoms with Crippen molar-refractivity contribution in [3.8, 4) is 0 Å². The van der Waals surface area contributed by atoms with Crippen LogP contribution < -0.4 is 10.6 Å². The van der Waals surface area contributed by atoms with Crippen molar-refractivity contribution in [2.45, 2.75) is 65.6 Å². The first-order chi connectivity index (χ1) is 9.98. The summed E-state index contributed by atoms with van der Waals surface area (Å²) in [7, 11) is 0. The molecule has 2 N–H and O–H groups in total. The van der Waals surface area contributed by atoms with Crippen LogP contribution in [0.2, 0.25) is 0 Å². The van der Waals surface area contributed by atoms with Crippen LogP contribution in [-0.4, -0.2) is 35.5 Å². The van der Waals surface area contributed by atoms with Gasteiger partial charge in [-0.3, -0.25) is 0 Å². The number of nitrogens with zero attached hydrogens (tertiary/aromatic N) is 2. The molecular weight excluding hydrogens is 268 g/mol. The number of aromatic nitrogens is 2. The fourth-order valence-electron chi connectivity index (χ4n) is 2.68. The Morgan fingerprint density at radius 2 is 2.14 bits per heavy atom. The van der Waals surface area contributed by atoms with Gasteiger partial charge in [0.2, 0.25) is 5.89 Å². The maximum absolute atomic E-state index is 5.73. The molecule has 0 radical (unpaired) electrons. The zero-order valence-corrected chi connectivity index (χ0v) is 13.8. The van der Waals surface area contributed by atoms with Gasteiger partial charge in [0.1, 0.15) is 0 Å². The molecule has 1 aliphatic carbocycles. The van der Waals surface area contributed by atoms with Gasteiger partial charge in [-0.05, 0) is 33.2 Å². The molecule has 1 heterocycles. The minimum Gasteiger partial charge on any atom is -0.406 e.